The Morgan fingerprint density at radius 3 is 2.54 bits per heavy atom. The van der Waals surface area contributed by atoms with Crippen molar-refractivity contribution in [1.29, 1.82) is 0 Å². The Balaban J connectivity index is 0.00000144. The Morgan fingerprint density at radius 1 is 1.62 bits per heavy atom. The fourth-order valence-corrected chi connectivity index (χ4v) is 1.45. The lowest BCUT2D eigenvalue weighted by Gasteiger charge is -2.27. The molecule has 13 heavy (non-hydrogen) atoms. The van der Waals surface area contributed by atoms with E-state index in [1.807, 2.05) is 0 Å². The third-order valence-electron chi connectivity index (χ3n) is 2.25. The summed E-state index contributed by atoms with van der Waals surface area (Å²) in [7, 11) is 2.86. The van der Waals surface area contributed by atoms with Gasteiger partial charge in [-0.3, -0.25) is 0 Å². The Morgan fingerprint density at radius 2 is 2.23 bits per heavy atom. The predicted octanol–water partition coefficient (Wildman–Crippen LogP) is -0.504. The number of carbonyl (C=O) groups is 1. The Kier molecular flexibility index (Phi) is 4.63. The van der Waals surface area contributed by atoms with E-state index in [2.05, 4.69) is 5.32 Å². The van der Waals surface area contributed by atoms with Crippen molar-refractivity contribution in [1.82, 2.24) is 5.32 Å². The number of aliphatic carboxylic acids is 1. The molecule has 0 amide bonds. The van der Waals surface area contributed by atoms with Crippen molar-refractivity contribution in [3.05, 3.63) is 0 Å². The quantitative estimate of drug-likeness (QED) is 0.659. The first kappa shape index (κ1) is 12.6. The second-order valence-electron chi connectivity index (χ2n) is 2.75. The second-order valence-corrected chi connectivity index (χ2v) is 2.75. The highest BCUT2D eigenvalue weighted by Crippen LogP contribution is 2.22. The Labute approximate surface area is 82.8 Å². The molecule has 0 aromatic heterocycles. The maximum atomic E-state index is 10.9. The molecule has 0 aromatic rings. The maximum Gasteiger partial charge on any atom is 0.340 e. The lowest BCUT2D eigenvalue weighted by atomic mass is 10.0. The van der Waals surface area contributed by atoms with E-state index >= 15 is 0 Å². The number of hydrogen-bond acceptors (Lipinski definition) is 4. The van der Waals surface area contributed by atoms with Crippen LogP contribution in [0.2, 0.25) is 0 Å². The zero-order chi connectivity index (χ0) is 9.19. The molecule has 78 valence electrons. The molecule has 0 aromatic carbocycles. The third-order valence-corrected chi connectivity index (χ3v) is 2.25. The van der Waals surface area contributed by atoms with E-state index in [0.717, 1.165) is 0 Å². The van der Waals surface area contributed by atoms with Gasteiger partial charge in [-0.2, -0.15) is 0 Å². The van der Waals surface area contributed by atoms with Crippen LogP contribution < -0.4 is 5.32 Å². The van der Waals surface area contributed by atoms with Crippen LogP contribution in [-0.4, -0.2) is 50.1 Å². The van der Waals surface area contributed by atoms with Gasteiger partial charge in [-0.25, -0.2) is 4.79 Å². The molecule has 2 atom stereocenters. The number of nitrogens with one attached hydrogen (secondary N) is 1. The van der Waals surface area contributed by atoms with Crippen molar-refractivity contribution in [2.75, 3.05) is 27.3 Å². The van der Waals surface area contributed by atoms with E-state index in [1.54, 1.807) is 0 Å². The van der Waals surface area contributed by atoms with Crippen LogP contribution in [0.15, 0.2) is 0 Å². The smallest absolute Gasteiger partial charge is 0.340 e. The fourth-order valence-electron chi connectivity index (χ4n) is 1.45. The van der Waals surface area contributed by atoms with Crippen molar-refractivity contribution >= 4 is 18.4 Å². The molecule has 2 N–H and O–H groups in total. The minimum Gasteiger partial charge on any atom is -0.479 e. The summed E-state index contributed by atoms with van der Waals surface area (Å²) in [4.78, 5) is 10.9. The highest BCUT2D eigenvalue weighted by atomic mass is 35.5. The zero-order valence-corrected chi connectivity index (χ0v) is 8.39. The molecule has 1 aliphatic rings. The van der Waals surface area contributed by atoms with Gasteiger partial charge in [0.1, 0.15) is 6.10 Å². The average Bonchev–Trinajstić information content (AvgIpc) is 2.47. The highest BCUT2D eigenvalue weighted by Gasteiger charge is 2.50. The molecule has 1 heterocycles. The summed E-state index contributed by atoms with van der Waals surface area (Å²) in [6.07, 6.45) is -0.417. The molecule has 1 saturated heterocycles. The van der Waals surface area contributed by atoms with Crippen LogP contribution in [-0.2, 0) is 14.3 Å². The Bertz CT molecular complexity index is 189. The number of carboxylic acids is 1. The maximum absolute atomic E-state index is 10.9. The van der Waals surface area contributed by atoms with Crippen LogP contribution >= 0.6 is 12.4 Å². The molecule has 1 aliphatic heterocycles. The van der Waals surface area contributed by atoms with E-state index in [0.29, 0.717) is 6.54 Å². The van der Waals surface area contributed by atoms with Gasteiger partial charge in [-0.05, 0) is 0 Å². The molecule has 0 saturated carbocycles. The van der Waals surface area contributed by atoms with E-state index in [-0.39, 0.29) is 19.0 Å². The second kappa shape index (κ2) is 4.76. The minimum atomic E-state index is -1.21. The first-order valence-corrected chi connectivity index (χ1v) is 3.69. The molecule has 0 spiro atoms. The molecule has 1 fully saturated rings. The van der Waals surface area contributed by atoms with Gasteiger partial charge in [0.25, 0.3) is 0 Å². The number of methoxy groups -OCH3 is 2. The van der Waals surface area contributed by atoms with E-state index in [9.17, 15) is 4.79 Å². The van der Waals surface area contributed by atoms with Crippen LogP contribution in [0.1, 0.15) is 0 Å². The lowest BCUT2D eigenvalue weighted by Crippen LogP contribution is -2.51. The summed E-state index contributed by atoms with van der Waals surface area (Å²) in [5.74, 6) is -0.984. The van der Waals surface area contributed by atoms with E-state index < -0.39 is 17.7 Å². The van der Waals surface area contributed by atoms with Crippen molar-refractivity contribution in [3.63, 3.8) is 0 Å². The van der Waals surface area contributed by atoms with Crippen molar-refractivity contribution in [3.8, 4) is 0 Å². The van der Waals surface area contributed by atoms with Crippen LogP contribution in [0.25, 0.3) is 0 Å². The van der Waals surface area contributed by atoms with Crippen LogP contribution in [0.3, 0.4) is 0 Å². The molecular formula is C7H14ClNO4. The summed E-state index contributed by atoms with van der Waals surface area (Å²) in [6.45, 7) is 0.800. The van der Waals surface area contributed by atoms with Gasteiger partial charge in [-0.1, -0.05) is 0 Å². The normalized spacial score (nSPS) is 32.6. The predicted molar refractivity (Wildman–Crippen MR) is 48.3 cm³/mol. The number of halogens is 1. The van der Waals surface area contributed by atoms with Crippen molar-refractivity contribution < 1.29 is 19.4 Å². The van der Waals surface area contributed by atoms with Gasteiger partial charge in [0.05, 0.1) is 0 Å². The first-order chi connectivity index (χ1) is 5.67. The molecule has 1 rings (SSSR count). The molecule has 6 heteroatoms. The summed E-state index contributed by atoms with van der Waals surface area (Å²) in [5.41, 5.74) is -1.21. The first-order valence-electron chi connectivity index (χ1n) is 3.69. The molecular weight excluding hydrogens is 198 g/mol. The third kappa shape index (κ3) is 1.94. The van der Waals surface area contributed by atoms with Gasteiger partial charge in [-0.15, -0.1) is 12.4 Å². The monoisotopic (exact) mass is 211 g/mol. The van der Waals surface area contributed by atoms with Crippen molar-refractivity contribution in [2.24, 2.45) is 0 Å². The SMILES string of the molecule is CO[C@H]1CNC[C@]1(OC)C(=O)O.Cl. The summed E-state index contributed by atoms with van der Waals surface area (Å²) in [5, 5.41) is 11.8. The number of hydrogen-bond donors (Lipinski definition) is 2. The van der Waals surface area contributed by atoms with Gasteiger partial charge in [0.15, 0.2) is 0 Å². The molecule has 0 bridgehead atoms. The summed E-state index contributed by atoms with van der Waals surface area (Å²) < 4.78 is 9.99. The molecule has 0 unspecified atom stereocenters. The van der Waals surface area contributed by atoms with Gasteiger partial charge in [0.2, 0.25) is 5.60 Å². The van der Waals surface area contributed by atoms with Crippen LogP contribution in [0.5, 0.6) is 0 Å². The largest absolute Gasteiger partial charge is 0.479 e. The standard InChI is InChI=1S/C7H13NO4.ClH/c1-11-5-3-8-4-7(5,12-2)6(9)10;/h5,8H,3-4H2,1-2H3,(H,9,10);1H/t5-,7+;/m0./s1. The van der Waals surface area contributed by atoms with E-state index in [4.69, 9.17) is 14.6 Å². The topological polar surface area (TPSA) is 67.8 Å². The summed E-state index contributed by atoms with van der Waals surface area (Å²) >= 11 is 0. The fraction of sp³-hybridized carbons (Fsp3) is 0.857. The highest BCUT2D eigenvalue weighted by molar-refractivity contribution is 5.85. The zero-order valence-electron chi connectivity index (χ0n) is 7.57. The number of carboxylic acid groups (broad SMARTS) is 1. The van der Waals surface area contributed by atoms with Crippen LogP contribution in [0.4, 0.5) is 0 Å². The van der Waals surface area contributed by atoms with Crippen LogP contribution in [0, 0.1) is 0 Å². The summed E-state index contributed by atoms with van der Waals surface area (Å²) in [6, 6.07) is 0. The lowest BCUT2D eigenvalue weighted by molar-refractivity contribution is -0.172. The van der Waals surface area contributed by atoms with E-state index in [1.165, 1.54) is 14.2 Å². The van der Waals surface area contributed by atoms with Gasteiger partial charge < -0.3 is 19.9 Å². The van der Waals surface area contributed by atoms with Crippen molar-refractivity contribution in [2.45, 2.75) is 11.7 Å². The molecule has 0 aliphatic carbocycles. The Hall–Kier alpha value is -0.360. The number of rotatable bonds is 3. The van der Waals surface area contributed by atoms with Gasteiger partial charge in [0, 0.05) is 27.3 Å². The van der Waals surface area contributed by atoms with Gasteiger partial charge >= 0.3 is 5.97 Å². The molecule has 5 nitrogen and oxygen atoms in total. The number of ether oxygens (including phenoxy) is 2. The average molecular weight is 212 g/mol. The minimum absolute atomic E-state index is 0. The molecule has 0 radical (unpaired) electrons.